The van der Waals surface area contributed by atoms with Crippen LogP contribution in [0.2, 0.25) is 0 Å². The first-order chi connectivity index (χ1) is 7.65. The zero-order chi connectivity index (χ0) is 11.5. The van der Waals surface area contributed by atoms with Crippen molar-refractivity contribution in [2.24, 2.45) is 0 Å². The predicted molar refractivity (Wildman–Crippen MR) is 77.7 cm³/mol. The fourth-order valence-electron chi connectivity index (χ4n) is 1.33. The van der Waals surface area contributed by atoms with Gasteiger partial charge in [-0.3, -0.25) is 0 Å². The number of nitrogens with one attached hydrogen (secondary N) is 1. The monoisotopic (exact) mass is 345 g/mol. The second kappa shape index (κ2) is 5.01. The molecule has 1 heterocycles. The van der Waals surface area contributed by atoms with Gasteiger partial charge in [-0.05, 0) is 47.7 Å². The highest BCUT2D eigenvalue weighted by Gasteiger charge is 2.02. The van der Waals surface area contributed by atoms with Gasteiger partial charge in [0.1, 0.15) is 5.01 Å². The first-order valence-electron chi connectivity index (χ1n) is 4.85. The molecule has 2 rings (SSSR count). The Bertz CT molecular complexity index is 496. The second-order valence-electron chi connectivity index (χ2n) is 3.48. The van der Waals surface area contributed by atoms with E-state index in [-0.39, 0.29) is 0 Å². The maximum atomic E-state index is 5.70. The van der Waals surface area contributed by atoms with Crippen molar-refractivity contribution in [1.29, 1.82) is 0 Å². The molecule has 0 spiro atoms. The molecule has 0 aliphatic heterocycles. The minimum absolute atomic E-state index is 0.762. The molecule has 3 nitrogen and oxygen atoms in total. The summed E-state index contributed by atoms with van der Waals surface area (Å²) >= 11 is 3.95. The van der Waals surface area contributed by atoms with Crippen LogP contribution in [-0.2, 0) is 6.54 Å². The molecule has 1 aromatic carbocycles. The van der Waals surface area contributed by atoms with Gasteiger partial charge in [-0.15, -0.1) is 11.3 Å². The molecule has 0 aliphatic rings. The van der Waals surface area contributed by atoms with E-state index < -0.39 is 0 Å². The van der Waals surface area contributed by atoms with Crippen LogP contribution >= 0.6 is 33.9 Å². The van der Waals surface area contributed by atoms with Crippen molar-refractivity contribution in [1.82, 2.24) is 4.98 Å². The number of nitrogens with two attached hydrogens (primary N) is 1. The van der Waals surface area contributed by atoms with E-state index in [0.717, 1.165) is 32.2 Å². The quantitative estimate of drug-likeness (QED) is 0.663. The van der Waals surface area contributed by atoms with E-state index >= 15 is 0 Å². The molecule has 0 amide bonds. The van der Waals surface area contributed by atoms with Gasteiger partial charge in [0, 0.05) is 26.0 Å². The Morgan fingerprint density at radius 2 is 2.31 bits per heavy atom. The Hall–Kier alpha value is -0.820. The van der Waals surface area contributed by atoms with Gasteiger partial charge in [-0.2, -0.15) is 0 Å². The van der Waals surface area contributed by atoms with Crippen LogP contribution in [0.25, 0.3) is 0 Å². The largest absolute Gasteiger partial charge is 0.399 e. The third-order valence-corrected chi connectivity index (χ3v) is 3.95. The summed E-state index contributed by atoms with van der Waals surface area (Å²) in [5, 5.41) is 6.52. The summed E-state index contributed by atoms with van der Waals surface area (Å²) in [7, 11) is 0. The standard InChI is InChI=1S/C11H12IN3S/c1-7-6-16-11(15-7)5-14-10-3-2-8(13)4-9(10)12/h2-4,6,14H,5,13H2,1H3. The molecule has 0 unspecified atom stereocenters. The van der Waals surface area contributed by atoms with Gasteiger partial charge in [0.05, 0.1) is 6.54 Å². The SMILES string of the molecule is Cc1csc(CNc2ccc(N)cc2I)n1. The van der Waals surface area contributed by atoms with Crippen molar-refractivity contribution in [2.75, 3.05) is 11.1 Å². The van der Waals surface area contributed by atoms with Crippen LogP contribution in [0.3, 0.4) is 0 Å². The van der Waals surface area contributed by atoms with Crippen molar-refractivity contribution in [2.45, 2.75) is 13.5 Å². The predicted octanol–water partition coefficient (Wildman–Crippen LogP) is 3.25. The molecule has 0 saturated heterocycles. The molecule has 5 heteroatoms. The van der Waals surface area contributed by atoms with E-state index in [1.54, 1.807) is 11.3 Å². The van der Waals surface area contributed by atoms with E-state index in [1.807, 2.05) is 25.1 Å². The third kappa shape index (κ3) is 2.85. The smallest absolute Gasteiger partial charge is 0.112 e. The Labute approximate surface area is 112 Å². The number of anilines is 2. The summed E-state index contributed by atoms with van der Waals surface area (Å²) in [5.41, 5.74) is 8.66. The Kier molecular flexibility index (Phi) is 3.65. The highest BCUT2D eigenvalue weighted by molar-refractivity contribution is 14.1. The number of thiazole rings is 1. The number of nitrogen functional groups attached to an aromatic ring is 1. The summed E-state index contributed by atoms with van der Waals surface area (Å²) in [6.45, 7) is 2.77. The van der Waals surface area contributed by atoms with Crippen molar-refractivity contribution in [3.63, 3.8) is 0 Å². The minimum atomic E-state index is 0.762. The number of aryl methyl sites for hydroxylation is 1. The average Bonchev–Trinajstić information content (AvgIpc) is 2.63. The molecule has 0 atom stereocenters. The van der Waals surface area contributed by atoms with Crippen molar-refractivity contribution in [3.05, 3.63) is 37.9 Å². The molecule has 2 aromatic rings. The fourth-order valence-corrected chi connectivity index (χ4v) is 2.77. The number of nitrogens with zero attached hydrogens (tertiary/aromatic N) is 1. The van der Waals surface area contributed by atoms with Gasteiger partial charge in [0.25, 0.3) is 0 Å². The topological polar surface area (TPSA) is 50.9 Å². The molecule has 0 bridgehead atoms. The molecule has 0 aliphatic carbocycles. The van der Waals surface area contributed by atoms with Crippen LogP contribution < -0.4 is 11.1 Å². The van der Waals surface area contributed by atoms with E-state index in [0.29, 0.717) is 0 Å². The molecular formula is C11H12IN3S. The second-order valence-corrected chi connectivity index (χ2v) is 5.58. The lowest BCUT2D eigenvalue weighted by Gasteiger charge is -2.07. The molecule has 0 fully saturated rings. The highest BCUT2D eigenvalue weighted by Crippen LogP contribution is 2.21. The Balaban J connectivity index is 2.04. The molecular weight excluding hydrogens is 333 g/mol. The number of halogens is 1. The number of hydrogen-bond donors (Lipinski definition) is 2. The first-order valence-corrected chi connectivity index (χ1v) is 6.81. The molecule has 3 N–H and O–H groups in total. The zero-order valence-corrected chi connectivity index (χ0v) is 11.8. The number of hydrogen-bond acceptors (Lipinski definition) is 4. The highest BCUT2D eigenvalue weighted by atomic mass is 127. The van der Waals surface area contributed by atoms with Gasteiger partial charge >= 0.3 is 0 Å². The van der Waals surface area contributed by atoms with Crippen molar-refractivity contribution >= 4 is 45.3 Å². The van der Waals surface area contributed by atoms with Gasteiger partial charge in [-0.25, -0.2) is 4.98 Å². The molecule has 0 saturated carbocycles. The third-order valence-electron chi connectivity index (χ3n) is 2.09. The van der Waals surface area contributed by atoms with Crippen LogP contribution in [0.4, 0.5) is 11.4 Å². The van der Waals surface area contributed by atoms with Gasteiger partial charge in [-0.1, -0.05) is 0 Å². The minimum Gasteiger partial charge on any atom is -0.399 e. The van der Waals surface area contributed by atoms with E-state index in [1.165, 1.54) is 0 Å². The summed E-state index contributed by atoms with van der Waals surface area (Å²) in [5.74, 6) is 0. The van der Waals surface area contributed by atoms with Crippen molar-refractivity contribution < 1.29 is 0 Å². The fraction of sp³-hybridized carbons (Fsp3) is 0.182. The Morgan fingerprint density at radius 1 is 1.50 bits per heavy atom. The maximum absolute atomic E-state index is 5.70. The van der Waals surface area contributed by atoms with Gasteiger partial charge < -0.3 is 11.1 Å². The molecule has 0 radical (unpaired) electrons. The van der Waals surface area contributed by atoms with E-state index in [2.05, 4.69) is 38.3 Å². The van der Waals surface area contributed by atoms with Gasteiger partial charge in [0.2, 0.25) is 0 Å². The van der Waals surface area contributed by atoms with Crippen LogP contribution in [0.1, 0.15) is 10.7 Å². The van der Waals surface area contributed by atoms with Crippen LogP contribution in [-0.4, -0.2) is 4.98 Å². The van der Waals surface area contributed by atoms with Gasteiger partial charge in [0.15, 0.2) is 0 Å². The molecule has 1 aromatic heterocycles. The summed E-state index contributed by atoms with van der Waals surface area (Å²) in [4.78, 5) is 4.40. The number of benzene rings is 1. The van der Waals surface area contributed by atoms with Crippen LogP contribution in [0.15, 0.2) is 23.6 Å². The van der Waals surface area contributed by atoms with Crippen molar-refractivity contribution in [3.8, 4) is 0 Å². The summed E-state index contributed by atoms with van der Waals surface area (Å²) in [6.07, 6.45) is 0. The van der Waals surface area contributed by atoms with Crippen LogP contribution in [0.5, 0.6) is 0 Å². The molecule has 16 heavy (non-hydrogen) atoms. The average molecular weight is 345 g/mol. The number of rotatable bonds is 3. The molecule has 84 valence electrons. The number of aromatic nitrogens is 1. The lowest BCUT2D eigenvalue weighted by Crippen LogP contribution is -2.01. The maximum Gasteiger partial charge on any atom is 0.112 e. The van der Waals surface area contributed by atoms with E-state index in [4.69, 9.17) is 5.73 Å². The Morgan fingerprint density at radius 3 is 2.94 bits per heavy atom. The summed E-state index contributed by atoms with van der Waals surface area (Å²) < 4.78 is 1.13. The van der Waals surface area contributed by atoms with E-state index in [9.17, 15) is 0 Å². The first kappa shape index (κ1) is 11.7. The zero-order valence-electron chi connectivity index (χ0n) is 8.83. The lowest BCUT2D eigenvalue weighted by molar-refractivity contribution is 1.07. The normalized spacial score (nSPS) is 10.4. The van der Waals surface area contributed by atoms with Crippen LogP contribution in [0, 0.1) is 10.5 Å². The summed E-state index contributed by atoms with van der Waals surface area (Å²) in [6, 6.07) is 5.85. The lowest BCUT2D eigenvalue weighted by atomic mass is 10.3.